The first kappa shape index (κ1) is 13.5. The Bertz CT molecular complexity index is 325. The van der Waals surface area contributed by atoms with Crippen molar-refractivity contribution in [3.05, 3.63) is 0 Å². The molecule has 0 aromatic carbocycles. The normalized spacial score (nSPS) is 42.6. The van der Waals surface area contributed by atoms with Crippen molar-refractivity contribution in [2.75, 3.05) is 0 Å². The highest BCUT2D eigenvalue weighted by Gasteiger charge is 2.47. The second kappa shape index (κ2) is 6.28. The highest BCUT2D eigenvalue weighted by molar-refractivity contribution is 5.91. The summed E-state index contributed by atoms with van der Waals surface area (Å²) in [6.07, 6.45) is 16.5. The number of nitrogens with zero attached hydrogens (tertiary/aromatic N) is 1. The monoisotopic (exact) mass is 263 g/mol. The Hall–Kier alpha value is -0.530. The fraction of sp³-hybridized carbons (Fsp3) is 0.941. The summed E-state index contributed by atoms with van der Waals surface area (Å²) < 4.78 is 0. The summed E-state index contributed by atoms with van der Waals surface area (Å²) in [7, 11) is 0. The third kappa shape index (κ3) is 2.68. The molecule has 0 heterocycles. The maximum absolute atomic E-state index is 9.56. The molecule has 0 aliphatic heterocycles. The molecule has 19 heavy (non-hydrogen) atoms. The first-order valence-electron chi connectivity index (χ1n) is 8.63. The van der Waals surface area contributed by atoms with Crippen LogP contribution in [0.5, 0.6) is 0 Å². The minimum atomic E-state index is 0.621. The van der Waals surface area contributed by atoms with Crippen molar-refractivity contribution in [1.82, 2.24) is 0 Å². The lowest BCUT2D eigenvalue weighted by Gasteiger charge is -2.24. The highest BCUT2D eigenvalue weighted by atomic mass is 16.4. The van der Waals surface area contributed by atoms with Gasteiger partial charge in [0.1, 0.15) is 0 Å². The molecule has 0 aromatic rings. The summed E-state index contributed by atoms with van der Waals surface area (Å²) in [5.74, 6) is 2.93. The van der Waals surface area contributed by atoms with Gasteiger partial charge in [0, 0.05) is 11.8 Å². The van der Waals surface area contributed by atoms with E-state index >= 15 is 0 Å². The van der Waals surface area contributed by atoms with Crippen LogP contribution in [0.15, 0.2) is 5.16 Å². The summed E-state index contributed by atoms with van der Waals surface area (Å²) in [5.41, 5.74) is 1.21. The van der Waals surface area contributed by atoms with E-state index in [-0.39, 0.29) is 0 Å². The number of fused-ring (bicyclic) bond motifs is 3. The van der Waals surface area contributed by atoms with E-state index < -0.39 is 0 Å². The molecule has 3 aliphatic carbocycles. The average molecular weight is 263 g/mol. The van der Waals surface area contributed by atoms with Gasteiger partial charge >= 0.3 is 0 Å². The van der Waals surface area contributed by atoms with Gasteiger partial charge in [0.05, 0.1) is 5.71 Å². The van der Waals surface area contributed by atoms with Crippen molar-refractivity contribution in [2.24, 2.45) is 28.8 Å². The van der Waals surface area contributed by atoms with Crippen molar-refractivity contribution >= 4 is 5.71 Å². The fourth-order valence-corrected chi connectivity index (χ4v) is 5.21. The zero-order valence-corrected chi connectivity index (χ0v) is 12.2. The molecule has 3 aliphatic rings. The van der Waals surface area contributed by atoms with E-state index in [1.165, 1.54) is 82.8 Å². The van der Waals surface area contributed by atoms with Gasteiger partial charge in [0.2, 0.25) is 0 Å². The lowest BCUT2D eigenvalue weighted by molar-refractivity contribution is 0.244. The largest absolute Gasteiger partial charge is 0.411 e. The van der Waals surface area contributed by atoms with Crippen molar-refractivity contribution < 1.29 is 5.21 Å². The average Bonchev–Trinajstić information content (AvgIpc) is 2.57. The molecule has 0 amide bonds. The lowest BCUT2D eigenvalue weighted by atomic mass is 9.80. The van der Waals surface area contributed by atoms with E-state index in [0.717, 1.165) is 11.8 Å². The van der Waals surface area contributed by atoms with Crippen LogP contribution in [-0.2, 0) is 0 Å². The zero-order valence-electron chi connectivity index (χ0n) is 12.2. The van der Waals surface area contributed by atoms with Crippen molar-refractivity contribution in [2.45, 2.75) is 77.0 Å². The van der Waals surface area contributed by atoms with Crippen LogP contribution in [0.2, 0.25) is 0 Å². The summed E-state index contributed by atoms with van der Waals surface area (Å²) >= 11 is 0. The fourth-order valence-electron chi connectivity index (χ4n) is 5.21. The standard InChI is InChI=1S/C17H29NO/c19-18-17-15-11-6-3-1-2-5-9-13(15)14-10-7-4-8-12-16(14)17/h13-16,19H,1-12H2/b18-17-. The SMILES string of the molecule is O/N=C1/C2CCCCCCCC2C2CCCCCC12. The zero-order chi connectivity index (χ0) is 13.1. The van der Waals surface area contributed by atoms with Gasteiger partial charge < -0.3 is 5.21 Å². The van der Waals surface area contributed by atoms with Gasteiger partial charge in [-0.05, 0) is 37.5 Å². The van der Waals surface area contributed by atoms with Crippen LogP contribution in [0.3, 0.4) is 0 Å². The Balaban J connectivity index is 1.84. The molecule has 3 rings (SSSR count). The Morgan fingerprint density at radius 2 is 1.05 bits per heavy atom. The maximum Gasteiger partial charge on any atom is 0.0638 e. The quantitative estimate of drug-likeness (QED) is 0.484. The molecule has 0 bridgehead atoms. The van der Waals surface area contributed by atoms with Crippen LogP contribution >= 0.6 is 0 Å². The smallest absolute Gasteiger partial charge is 0.0638 e. The molecule has 1 N–H and O–H groups in total. The van der Waals surface area contributed by atoms with Crippen LogP contribution in [-0.4, -0.2) is 10.9 Å². The van der Waals surface area contributed by atoms with Gasteiger partial charge in [0.25, 0.3) is 0 Å². The number of hydrogen-bond donors (Lipinski definition) is 1. The maximum atomic E-state index is 9.56. The molecule has 2 heteroatoms. The van der Waals surface area contributed by atoms with Crippen LogP contribution in [0, 0.1) is 23.7 Å². The van der Waals surface area contributed by atoms with Crippen molar-refractivity contribution in [1.29, 1.82) is 0 Å². The van der Waals surface area contributed by atoms with E-state index in [1.54, 1.807) is 0 Å². The molecule has 0 saturated heterocycles. The number of hydrogen-bond acceptors (Lipinski definition) is 2. The third-order valence-electron chi connectivity index (χ3n) is 6.06. The summed E-state index contributed by atoms with van der Waals surface area (Å²) in [6.45, 7) is 0. The van der Waals surface area contributed by atoms with Gasteiger partial charge in [-0.3, -0.25) is 0 Å². The minimum absolute atomic E-state index is 0.621. The van der Waals surface area contributed by atoms with E-state index in [1.807, 2.05) is 0 Å². The van der Waals surface area contributed by atoms with E-state index in [0.29, 0.717) is 11.8 Å². The number of oxime groups is 1. The predicted octanol–water partition coefficient (Wildman–Crippen LogP) is 5.00. The Labute approximate surface area is 117 Å². The van der Waals surface area contributed by atoms with Crippen LogP contribution < -0.4 is 0 Å². The Morgan fingerprint density at radius 1 is 0.632 bits per heavy atom. The van der Waals surface area contributed by atoms with Crippen LogP contribution in [0.25, 0.3) is 0 Å². The van der Waals surface area contributed by atoms with Gasteiger partial charge in [-0.25, -0.2) is 0 Å². The molecule has 0 radical (unpaired) electrons. The molecule has 3 fully saturated rings. The molecule has 0 aromatic heterocycles. The molecule has 3 saturated carbocycles. The van der Waals surface area contributed by atoms with Gasteiger partial charge in [-0.1, -0.05) is 56.5 Å². The van der Waals surface area contributed by atoms with E-state index in [9.17, 15) is 5.21 Å². The molecule has 108 valence electrons. The van der Waals surface area contributed by atoms with E-state index in [2.05, 4.69) is 5.16 Å². The topological polar surface area (TPSA) is 32.6 Å². The van der Waals surface area contributed by atoms with Crippen molar-refractivity contribution in [3.8, 4) is 0 Å². The molecule has 2 nitrogen and oxygen atoms in total. The van der Waals surface area contributed by atoms with Gasteiger partial charge in [-0.2, -0.15) is 0 Å². The Kier molecular flexibility index (Phi) is 4.45. The molecule has 4 unspecified atom stereocenters. The first-order chi connectivity index (χ1) is 9.42. The third-order valence-corrected chi connectivity index (χ3v) is 6.06. The van der Waals surface area contributed by atoms with Gasteiger partial charge in [-0.15, -0.1) is 0 Å². The second-order valence-corrected chi connectivity index (χ2v) is 7.05. The molecule has 0 spiro atoms. The highest BCUT2D eigenvalue weighted by Crippen LogP contribution is 2.50. The summed E-state index contributed by atoms with van der Waals surface area (Å²) in [5, 5.41) is 13.4. The predicted molar refractivity (Wildman–Crippen MR) is 78.6 cm³/mol. The summed E-state index contributed by atoms with van der Waals surface area (Å²) in [4.78, 5) is 0. The summed E-state index contributed by atoms with van der Waals surface area (Å²) in [6, 6.07) is 0. The lowest BCUT2D eigenvalue weighted by Crippen LogP contribution is -2.18. The number of rotatable bonds is 0. The van der Waals surface area contributed by atoms with Crippen LogP contribution in [0.4, 0.5) is 0 Å². The Morgan fingerprint density at radius 3 is 1.58 bits per heavy atom. The first-order valence-corrected chi connectivity index (χ1v) is 8.63. The molecule has 4 atom stereocenters. The van der Waals surface area contributed by atoms with Crippen molar-refractivity contribution in [3.63, 3.8) is 0 Å². The van der Waals surface area contributed by atoms with E-state index in [4.69, 9.17) is 0 Å². The minimum Gasteiger partial charge on any atom is -0.411 e. The van der Waals surface area contributed by atoms with Gasteiger partial charge in [0.15, 0.2) is 0 Å². The second-order valence-electron chi connectivity index (χ2n) is 7.05. The molecular formula is C17H29NO. The molecular weight excluding hydrogens is 234 g/mol. The van der Waals surface area contributed by atoms with Crippen LogP contribution in [0.1, 0.15) is 77.0 Å².